The first kappa shape index (κ1) is 28.0. The number of ether oxygens (including phenoxy) is 1. The fraction of sp³-hybridized carbons (Fsp3) is 0.333. The Morgan fingerprint density at radius 1 is 1.12 bits per heavy atom. The number of anilines is 1. The molecule has 2 fully saturated rings. The van der Waals surface area contributed by atoms with Crippen molar-refractivity contribution in [1.82, 2.24) is 25.1 Å². The molecule has 10 nitrogen and oxygen atoms in total. The molecule has 3 amide bonds. The normalized spacial score (nSPS) is 17.3. The van der Waals surface area contributed by atoms with Crippen molar-refractivity contribution in [2.75, 3.05) is 31.6 Å². The fourth-order valence-electron chi connectivity index (χ4n) is 4.94. The number of piperazine rings is 1. The zero-order valence-electron chi connectivity index (χ0n) is 23.0. The second kappa shape index (κ2) is 12.0. The van der Waals surface area contributed by atoms with Gasteiger partial charge in [-0.3, -0.25) is 19.7 Å². The number of thiophene rings is 1. The highest BCUT2D eigenvalue weighted by atomic mass is 32.1. The maximum Gasteiger partial charge on any atom is 0.319 e. The minimum Gasteiger partial charge on any atom is -0.453 e. The van der Waals surface area contributed by atoms with E-state index in [1.54, 1.807) is 23.2 Å². The highest BCUT2D eigenvalue weighted by Crippen LogP contribution is 2.39. The van der Waals surface area contributed by atoms with Crippen LogP contribution in [-0.4, -0.2) is 75.1 Å². The summed E-state index contributed by atoms with van der Waals surface area (Å²) in [5, 5.41) is 14.6. The van der Waals surface area contributed by atoms with E-state index in [-0.39, 0.29) is 29.8 Å². The number of pyridine rings is 2. The van der Waals surface area contributed by atoms with Gasteiger partial charge in [0.25, 0.3) is 0 Å². The van der Waals surface area contributed by atoms with Gasteiger partial charge < -0.3 is 25.4 Å². The number of carbonyl (C=O) groups excluding carboxylic acids is 2. The smallest absolute Gasteiger partial charge is 0.319 e. The van der Waals surface area contributed by atoms with Gasteiger partial charge in [0.05, 0.1) is 20.8 Å². The third kappa shape index (κ3) is 6.35. The summed E-state index contributed by atoms with van der Waals surface area (Å²) >= 11 is 1.47. The second-order valence-corrected chi connectivity index (χ2v) is 11.7. The Kier molecular flexibility index (Phi) is 8.00. The average molecular weight is 591 g/mol. The number of rotatable bonds is 8. The van der Waals surface area contributed by atoms with Crippen molar-refractivity contribution >= 4 is 39.2 Å². The maximum atomic E-state index is 14.9. The lowest BCUT2D eigenvalue weighted by atomic mass is 10.1. The Morgan fingerprint density at radius 3 is 2.69 bits per heavy atom. The lowest BCUT2D eigenvalue weighted by molar-refractivity contribution is -0.137. The molecule has 3 aromatic heterocycles. The molecule has 1 atom stereocenters. The van der Waals surface area contributed by atoms with Crippen molar-refractivity contribution in [2.45, 2.75) is 38.4 Å². The number of nitrogens with one attached hydrogen (secondary N) is 2. The number of carbonyl (C=O) groups is 2. The molecule has 4 heterocycles. The third-order valence-electron chi connectivity index (χ3n) is 7.41. The van der Waals surface area contributed by atoms with E-state index in [1.165, 1.54) is 23.5 Å². The summed E-state index contributed by atoms with van der Waals surface area (Å²) in [7, 11) is 0. The van der Waals surface area contributed by atoms with E-state index in [2.05, 4.69) is 27.4 Å². The van der Waals surface area contributed by atoms with Gasteiger partial charge in [0, 0.05) is 68.5 Å². The average Bonchev–Trinajstić information content (AvgIpc) is 3.69. The van der Waals surface area contributed by atoms with Gasteiger partial charge >= 0.3 is 6.03 Å². The number of hydrogen-bond donors (Lipinski definition) is 3. The van der Waals surface area contributed by atoms with Crippen molar-refractivity contribution in [1.29, 1.82) is 0 Å². The van der Waals surface area contributed by atoms with Crippen molar-refractivity contribution in [2.24, 2.45) is 0 Å². The maximum absolute atomic E-state index is 14.9. The standard InChI is InChI=1S/C30H31FN6O4S/c1-18-15-37(28(39)17-38)11-10-36(18)16-19-2-6-23(33-14-19)27-13-24-29(42-27)26(8-9-32-24)41-25-7-5-21(12-22(25)31)35-30(40)34-20-3-4-20/h2,5-9,12-14,18,20,38H,3-4,10-11,15-17H2,1H3,(H2,34,35,40)/t18-/m1/s1. The molecule has 0 bridgehead atoms. The topological polar surface area (TPSA) is 120 Å². The van der Waals surface area contributed by atoms with E-state index < -0.39 is 12.4 Å². The molecule has 0 unspecified atom stereocenters. The first-order valence-corrected chi connectivity index (χ1v) is 14.7. The molecule has 6 rings (SSSR count). The molecule has 0 radical (unpaired) electrons. The van der Waals surface area contributed by atoms with Gasteiger partial charge in [0.2, 0.25) is 5.91 Å². The molecule has 1 saturated heterocycles. The minimum absolute atomic E-state index is 0.0452. The molecule has 1 aromatic carbocycles. The van der Waals surface area contributed by atoms with E-state index in [1.807, 2.05) is 24.4 Å². The zero-order chi connectivity index (χ0) is 29.2. The predicted molar refractivity (Wildman–Crippen MR) is 158 cm³/mol. The fourth-order valence-corrected chi connectivity index (χ4v) is 5.98. The quantitative estimate of drug-likeness (QED) is 0.274. The molecule has 0 spiro atoms. The SMILES string of the molecule is C[C@@H]1CN(C(=O)CO)CCN1Cc1ccc(-c2cc3nccc(Oc4ccc(NC(=O)NC5CC5)cc4F)c3s2)nc1. The number of halogens is 1. The van der Waals surface area contributed by atoms with E-state index in [9.17, 15) is 14.0 Å². The van der Waals surface area contributed by atoms with Crippen LogP contribution in [0.1, 0.15) is 25.3 Å². The summed E-state index contributed by atoms with van der Waals surface area (Å²) < 4.78 is 21.6. The highest BCUT2D eigenvalue weighted by Gasteiger charge is 2.26. The number of urea groups is 1. The number of aliphatic hydroxyl groups excluding tert-OH is 1. The molecule has 2 aliphatic rings. The van der Waals surface area contributed by atoms with Crippen molar-refractivity contribution in [3.63, 3.8) is 0 Å². The van der Waals surface area contributed by atoms with E-state index >= 15 is 0 Å². The molecule has 1 aliphatic heterocycles. The first-order chi connectivity index (χ1) is 20.4. The van der Waals surface area contributed by atoms with Gasteiger partial charge in [-0.15, -0.1) is 11.3 Å². The van der Waals surface area contributed by atoms with Crippen LogP contribution >= 0.6 is 11.3 Å². The number of amides is 3. The number of nitrogens with zero attached hydrogens (tertiary/aromatic N) is 4. The van der Waals surface area contributed by atoms with Gasteiger partial charge in [0.15, 0.2) is 11.6 Å². The van der Waals surface area contributed by atoms with Crippen LogP contribution in [0.25, 0.3) is 20.8 Å². The molecule has 1 saturated carbocycles. The molecular formula is C30H31FN6O4S. The van der Waals surface area contributed by atoms with E-state index in [0.717, 1.165) is 45.7 Å². The zero-order valence-corrected chi connectivity index (χ0v) is 23.9. The van der Waals surface area contributed by atoms with Gasteiger partial charge in [-0.05, 0) is 49.6 Å². The van der Waals surface area contributed by atoms with E-state index in [4.69, 9.17) is 14.8 Å². The summed E-state index contributed by atoms with van der Waals surface area (Å²) in [5.74, 6) is -0.298. The van der Waals surface area contributed by atoms with Gasteiger partial charge in [-0.2, -0.15) is 0 Å². The summed E-state index contributed by atoms with van der Waals surface area (Å²) in [5.41, 5.74) is 2.93. The summed E-state index contributed by atoms with van der Waals surface area (Å²) in [6.07, 6.45) is 5.42. The molecule has 4 aromatic rings. The molecule has 218 valence electrons. The van der Waals surface area contributed by atoms with Gasteiger partial charge in [-0.25, -0.2) is 9.18 Å². The second-order valence-electron chi connectivity index (χ2n) is 10.6. The molecular weight excluding hydrogens is 559 g/mol. The number of aliphatic hydroxyl groups is 1. The molecule has 12 heteroatoms. The molecule has 1 aliphatic carbocycles. The molecule has 3 N–H and O–H groups in total. The number of aromatic nitrogens is 2. The van der Waals surface area contributed by atoms with Crippen LogP contribution in [0.2, 0.25) is 0 Å². The number of benzene rings is 1. The summed E-state index contributed by atoms with van der Waals surface area (Å²) in [6, 6.07) is 12.0. The Hall–Kier alpha value is -4.13. The monoisotopic (exact) mass is 590 g/mol. The third-order valence-corrected chi connectivity index (χ3v) is 8.58. The van der Waals surface area contributed by atoms with Gasteiger partial charge in [-0.1, -0.05) is 6.07 Å². The summed E-state index contributed by atoms with van der Waals surface area (Å²) in [6.45, 7) is 4.25. The van der Waals surface area contributed by atoms with Crippen LogP contribution < -0.4 is 15.4 Å². The van der Waals surface area contributed by atoms with Crippen LogP contribution in [0.4, 0.5) is 14.9 Å². The molecule has 42 heavy (non-hydrogen) atoms. The van der Waals surface area contributed by atoms with Crippen LogP contribution in [-0.2, 0) is 11.3 Å². The minimum atomic E-state index is -0.589. The van der Waals surface area contributed by atoms with Crippen molar-refractivity contribution in [3.8, 4) is 22.1 Å². The number of hydrogen-bond acceptors (Lipinski definition) is 8. The lowest BCUT2D eigenvalue weighted by Gasteiger charge is -2.39. The van der Waals surface area contributed by atoms with Crippen LogP contribution in [0.3, 0.4) is 0 Å². The Bertz CT molecular complexity index is 1610. The van der Waals surface area contributed by atoms with Crippen LogP contribution in [0.5, 0.6) is 11.5 Å². The Balaban J connectivity index is 1.12. The Labute approximate surface area is 246 Å². The van der Waals surface area contributed by atoms with E-state index in [0.29, 0.717) is 31.1 Å². The van der Waals surface area contributed by atoms with Gasteiger partial charge in [0.1, 0.15) is 12.4 Å². The van der Waals surface area contributed by atoms with Crippen molar-refractivity contribution in [3.05, 3.63) is 66.2 Å². The Morgan fingerprint density at radius 2 is 1.98 bits per heavy atom. The predicted octanol–water partition coefficient (Wildman–Crippen LogP) is 4.60. The van der Waals surface area contributed by atoms with Crippen molar-refractivity contribution < 1.29 is 23.8 Å². The lowest BCUT2D eigenvalue weighted by Crippen LogP contribution is -2.53. The van der Waals surface area contributed by atoms with Crippen LogP contribution in [0.15, 0.2) is 54.9 Å². The van der Waals surface area contributed by atoms with Crippen LogP contribution in [0, 0.1) is 5.82 Å². The number of fused-ring (bicyclic) bond motifs is 1. The first-order valence-electron chi connectivity index (χ1n) is 13.9. The largest absolute Gasteiger partial charge is 0.453 e. The highest BCUT2D eigenvalue weighted by molar-refractivity contribution is 7.22. The summed E-state index contributed by atoms with van der Waals surface area (Å²) in [4.78, 5) is 37.9.